The molecule has 0 radical (unpaired) electrons. The number of carbonyl (C=O) groups is 1. The van der Waals surface area contributed by atoms with Gasteiger partial charge in [0, 0.05) is 24.6 Å². The molecule has 1 N–H and O–H groups in total. The summed E-state index contributed by atoms with van der Waals surface area (Å²) >= 11 is 0. The Morgan fingerprint density at radius 3 is 2.50 bits per heavy atom. The van der Waals surface area contributed by atoms with Gasteiger partial charge in [0.25, 0.3) is 5.91 Å². The van der Waals surface area contributed by atoms with E-state index in [0.29, 0.717) is 29.6 Å². The first-order chi connectivity index (χ1) is 13.6. The molecule has 0 saturated carbocycles. The Morgan fingerprint density at radius 2 is 1.82 bits per heavy atom. The molecule has 28 heavy (non-hydrogen) atoms. The van der Waals surface area contributed by atoms with Crippen LogP contribution in [0.1, 0.15) is 29.8 Å². The van der Waals surface area contributed by atoms with Crippen LogP contribution in [0.15, 0.2) is 60.9 Å². The van der Waals surface area contributed by atoms with Crippen molar-refractivity contribution in [2.45, 2.75) is 20.8 Å². The van der Waals surface area contributed by atoms with E-state index in [1.54, 1.807) is 18.5 Å². The SMILES string of the molecule is CCOc1ccccc1NC(=O)c1cnc(N(CC)c2cccc(C)c2)nc1. The second kappa shape index (κ2) is 8.99. The summed E-state index contributed by atoms with van der Waals surface area (Å²) in [4.78, 5) is 23.4. The fraction of sp³-hybridized carbons (Fsp3) is 0.227. The highest BCUT2D eigenvalue weighted by molar-refractivity contribution is 6.04. The van der Waals surface area contributed by atoms with Crippen LogP contribution in [0.3, 0.4) is 0 Å². The average Bonchev–Trinajstić information content (AvgIpc) is 2.71. The zero-order chi connectivity index (χ0) is 19.9. The molecule has 3 rings (SSSR count). The zero-order valence-electron chi connectivity index (χ0n) is 16.3. The first kappa shape index (κ1) is 19.4. The number of ether oxygens (including phenoxy) is 1. The van der Waals surface area contributed by atoms with Crippen LogP contribution in [-0.2, 0) is 0 Å². The van der Waals surface area contributed by atoms with Gasteiger partial charge in [-0.25, -0.2) is 9.97 Å². The van der Waals surface area contributed by atoms with E-state index in [9.17, 15) is 4.79 Å². The van der Waals surface area contributed by atoms with Gasteiger partial charge in [-0.3, -0.25) is 4.79 Å². The maximum absolute atomic E-state index is 12.6. The van der Waals surface area contributed by atoms with Crippen LogP contribution < -0.4 is 15.0 Å². The van der Waals surface area contributed by atoms with Gasteiger partial charge in [0.2, 0.25) is 5.95 Å². The Morgan fingerprint density at radius 1 is 1.07 bits per heavy atom. The molecule has 0 atom stereocenters. The molecule has 0 aliphatic heterocycles. The maximum Gasteiger partial charge on any atom is 0.258 e. The number of aryl methyl sites for hydroxylation is 1. The summed E-state index contributed by atoms with van der Waals surface area (Å²) in [5, 5.41) is 2.86. The normalized spacial score (nSPS) is 10.4. The van der Waals surface area contributed by atoms with Crippen LogP contribution >= 0.6 is 0 Å². The molecular formula is C22H24N4O2. The molecule has 1 aromatic heterocycles. The fourth-order valence-corrected chi connectivity index (χ4v) is 2.86. The number of nitrogens with zero attached hydrogens (tertiary/aromatic N) is 3. The molecule has 2 aromatic carbocycles. The Kier molecular flexibility index (Phi) is 6.22. The lowest BCUT2D eigenvalue weighted by Gasteiger charge is -2.21. The molecule has 6 heteroatoms. The Labute approximate surface area is 165 Å². The number of nitrogens with one attached hydrogen (secondary N) is 1. The molecule has 0 saturated heterocycles. The highest BCUT2D eigenvalue weighted by atomic mass is 16.5. The van der Waals surface area contributed by atoms with Crippen molar-refractivity contribution in [1.82, 2.24) is 9.97 Å². The third-order valence-electron chi connectivity index (χ3n) is 4.21. The third-order valence-corrected chi connectivity index (χ3v) is 4.21. The highest BCUT2D eigenvalue weighted by Gasteiger charge is 2.14. The van der Waals surface area contributed by atoms with E-state index in [1.165, 1.54) is 5.56 Å². The van der Waals surface area contributed by atoms with E-state index < -0.39 is 0 Å². The van der Waals surface area contributed by atoms with Crippen molar-refractivity contribution in [2.75, 3.05) is 23.4 Å². The monoisotopic (exact) mass is 376 g/mol. The number of anilines is 3. The van der Waals surface area contributed by atoms with E-state index in [4.69, 9.17) is 4.74 Å². The number of hydrogen-bond donors (Lipinski definition) is 1. The minimum absolute atomic E-state index is 0.280. The molecular weight excluding hydrogens is 352 g/mol. The van der Waals surface area contributed by atoms with E-state index in [1.807, 2.05) is 62.1 Å². The molecule has 0 unspecified atom stereocenters. The number of rotatable bonds is 7. The van der Waals surface area contributed by atoms with Crippen LogP contribution in [-0.4, -0.2) is 29.0 Å². The zero-order valence-corrected chi connectivity index (χ0v) is 16.3. The summed E-state index contributed by atoms with van der Waals surface area (Å²) in [5.41, 5.74) is 3.19. The molecule has 6 nitrogen and oxygen atoms in total. The minimum atomic E-state index is -0.280. The minimum Gasteiger partial charge on any atom is -0.492 e. The predicted octanol–water partition coefficient (Wildman–Crippen LogP) is 4.59. The lowest BCUT2D eigenvalue weighted by molar-refractivity contribution is 0.102. The molecule has 1 heterocycles. The second-order valence-corrected chi connectivity index (χ2v) is 6.24. The fourth-order valence-electron chi connectivity index (χ4n) is 2.86. The number of carbonyl (C=O) groups excluding carboxylic acids is 1. The summed E-state index contributed by atoms with van der Waals surface area (Å²) in [6.07, 6.45) is 3.08. The first-order valence-corrected chi connectivity index (χ1v) is 9.31. The van der Waals surface area contributed by atoms with Gasteiger partial charge in [0.15, 0.2) is 0 Å². The Balaban J connectivity index is 1.77. The molecule has 0 fully saturated rings. The number of aromatic nitrogens is 2. The lowest BCUT2D eigenvalue weighted by Crippen LogP contribution is -2.20. The molecule has 0 aliphatic rings. The number of para-hydroxylation sites is 2. The molecule has 1 amide bonds. The van der Waals surface area contributed by atoms with Gasteiger partial charge in [0.1, 0.15) is 5.75 Å². The smallest absolute Gasteiger partial charge is 0.258 e. The van der Waals surface area contributed by atoms with Crippen LogP contribution in [0.2, 0.25) is 0 Å². The van der Waals surface area contributed by atoms with Gasteiger partial charge in [-0.2, -0.15) is 0 Å². The van der Waals surface area contributed by atoms with Crippen LogP contribution in [0.4, 0.5) is 17.3 Å². The van der Waals surface area contributed by atoms with Gasteiger partial charge in [-0.05, 0) is 50.6 Å². The van der Waals surface area contributed by atoms with Crippen molar-refractivity contribution >= 4 is 23.2 Å². The molecule has 3 aromatic rings. The summed E-state index contributed by atoms with van der Waals surface area (Å²) in [5.74, 6) is 0.907. The largest absolute Gasteiger partial charge is 0.492 e. The van der Waals surface area contributed by atoms with E-state index in [-0.39, 0.29) is 5.91 Å². The van der Waals surface area contributed by atoms with Gasteiger partial charge in [-0.15, -0.1) is 0 Å². The summed E-state index contributed by atoms with van der Waals surface area (Å²) in [6.45, 7) is 7.23. The number of amides is 1. The van der Waals surface area contributed by atoms with E-state index >= 15 is 0 Å². The molecule has 0 bridgehead atoms. The Hall–Kier alpha value is -3.41. The van der Waals surface area contributed by atoms with Gasteiger partial charge >= 0.3 is 0 Å². The van der Waals surface area contributed by atoms with Gasteiger partial charge in [0.05, 0.1) is 17.9 Å². The van der Waals surface area contributed by atoms with Crippen molar-refractivity contribution in [1.29, 1.82) is 0 Å². The van der Waals surface area contributed by atoms with E-state index in [0.717, 1.165) is 12.2 Å². The van der Waals surface area contributed by atoms with Crippen LogP contribution in [0.5, 0.6) is 5.75 Å². The van der Waals surface area contributed by atoms with E-state index in [2.05, 4.69) is 21.4 Å². The van der Waals surface area contributed by atoms with Gasteiger partial charge < -0.3 is 15.0 Å². The van der Waals surface area contributed by atoms with Crippen molar-refractivity contribution in [3.05, 3.63) is 72.1 Å². The van der Waals surface area contributed by atoms with Crippen LogP contribution in [0.25, 0.3) is 0 Å². The quantitative estimate of drug-likeness (QED) is 0.653. The number of hydrogen-bond acceptors (Lipinski definition) is 5. The van der Waals surface area contributed by atoms with Crippen LogP contribution in [0, 0.1) is 6.92 Å². The topological polar surface area (TPSA) is 67.3 Å². The lowest BCUT2D eigenvalue weighted by atomic mass is 10.2. The summed E-state index contributed by atoms with van der Waals surface area (Å²) in [6, 6.07) is 15.5. The van der Waals surface area contributed by atoms with Gasteiger partial charge in [-0.1, -0.05) is 24.3 Å². The summed E-state index contributed by atoms with van der Waals surface area (Å²) in [7, 11) is 0. The van der Waals surface area contributed by atoms with Crippen molar-refractivity contribution in [3.63, 3.8) is 0 Å². The predicted molar refractivity (Wildman–Crippen MR) is 111 cm³/mol. The standard InChI is InChI=1S/C22H24N4O2/c1-4-26(18-10-8-9-16(3)13-18)22-23-14-17(15-24-22)21(27)25-19-11-6-7-12-20(19)28-5-2/h6-15H,4-5H2,1-3H3,(H,25,27). The molecule has 144 valence electrons. The maximum atomic E-state index is 12.6. The first-order valence-electron chi connectivity index (χ1n) is 9.31. The second-order valence-electron chi connectivity index (χ2n) is 6.24. The van der Waals surface area contributed by atoms with Crippen molar-refractivity contribution in [3.8, 4) is 5.75 Å². The Bertz CT molecular complexity index is 941. The van der Waals surface area contributed by atoms with Crippen molar-refractivity contribution in [2.24, 2.45) is 0 Å². The van der Waals surface area contributed by atoms with Crippen molar-refractivity contribution < 1.29 is 9.53 Å². The molecule has 0 aliphatic carbocycles. The average molecular weight is 376 g/mol. The number of benzene rings is 2. The third kappa shape index (κ3) is 4.46. The highest BCUT2D eigenvalue weighted by Crippen LogP contribution is 2.25. The molecule has 0 spiro atoms. The summed E-state index contributed by atoms with van der Waals surface area (Å²) < 4.78 is 5.54.